The third-order valence-corrected chi connectivity index (χ3v) is 4.54. The fraction of sp³-hybridized carbons (Fsp3) is 0.227. The predicted octanol–water partition coefficient (Wildman–Crippen LogP) is 3.74. The Balaban J connectivity index is 1.83. The fourth-order valence-corrected chi connectivity index (χ4v) is 2.97. The lowest BCUT2D eigenvalue weighted by atomic mass is 10.0. The van der Waals surface area contributed by atoms with Gasteiger partial charge in [-0.15, -0.1) is 0 Å². The Morgan fingerprint density at radius 3 is 2.37 bits per heavy atom. The monoisotopic (exact) mass is 415 g/mol. The van der Waals surface area contributed by atoms with Crippen LogP contribution < -0.4 is 15.7 Å². The first-order valence-corrected chi connectivity index (χ1v) is 9.18. The zero-order chi connectivity index (χ0) is 22.0. The number of rotatable bonds is 5. The molecule has 8 heteroatoms. The second-order valence-electron chi connectivity index (χ2n) is 7.12. The van der Waals surface area contributed by atoms with Crippen molar-refractivity contribution in [3.05, 3.63) is 75.6 Å². The number of benzene rings is 2. The molecule has 0 aliphatic carbocycles. The molecule has 1 N–H and O–H groups in total. The molecule has 0 saturated carbocycles. The average molecular weight is 415 g/mol. The number of hydrogen-bond donors (Lipinski definition) is 1. The number of amides is 1. The molecule has 3 rings (SSSR count). The van der Waals surface area contributed by atoms with Crippen LogP contribution in [0.5, 0.6) is 5.75 Å². The van der Waals surface area contributed by atoms with Crippen molar-refractivity contribution in [1.82, 2.24) is 5.32 Å². The van der Waals surface area contributed by atoms with E-state index in [0.29, 0.717) is 10.9 Å². The second kappa shape index (κ2) is 8.44. The molecule has 1 heterocycles. The van der Waals surface area contributed by atoms with E-state index >= 15 is 0 Å². The maximum Gasteiger partial charge on any atom is 0.336 e. The molecule has 0 unspecified atom stereocenters. The number of ether oxygens (including phenoxy) is 1. The molecule has 0 fully saturated rings. The molecular weight excluding hydrogens is 396 g/mol. The van der Waals surface area contributed by atoms with Crippen LogP contribution in [0.15, 0.2) is 51.7 Å². The van der Waals surface area contributed by atoms with Gasteiger partial charge in [-0.05, 0) is 42.7 Å². The molecule has 2 aromatic carbocycles. The minimum atomic E-state index is -1.17. The van der Waals surface area contributed by atoms with Crippen LogP contribution in [0, 0.1) is 24.5 Å². The summed E-state index contributed by atoms with van der Waals surface area (Å²) >= 11 is 0. The molecule has 0 radical (unpaired) electrons. The number of aryl methyl sites for hydroxylation is 1. The highest BCUT2D eigenvalue weighted by Gasteiger charge is 2.29. The molecule has 6 nitrogen and oxygen atoms in total. The molecule has 0 saturated heterocycles. The third-order valence-electron chi connectivity index (χ3n) is 4.54. The molecule has 30 heavy (non-hydrogen) atoms. The highest BCUT2D eigenvalue weighted by Crippen LogP contribution is 2.23. The van der Waals surface area contributed by atoms with Crippen LogP contribution in [0.2, 0.25) is 0 Å². The van der Waals surface area contributed by atoms with Gasteiger partial charge in [0.25, 0.3) is 5.91 Å². The summed E-state index contributed by atoms with van der Waals surface area (Å²) in [5.74, 6) is -4.31. The number of carbonyl (C=O) groups is 2. The maximum absolute atomic E-state index is 13.9. The van der Waals surface area contributed by atoms with Crippen molar-refractivity contribution >= 4 is 22.8 Å². The topological polar surface area (TPSA) is 85.6 Å². The van der Waals surface area contributed by atoms with Gasteiger partial charge in [0.2, 0.25) is 0 Å². The van der Waals surface area contributed by atoms with Gasteiger partial charge < -0.3 is 14.5 Å². The lowest BCUT2D eigenvalue weighted by Gasteiger charge is -2.21. The van der Waals surface area contributed by atoms with E-state index in [1.165, 1.54) is 18.2 Å². The standard InChI is InChI=1S/C22H19F2NO5/c1-11(2)20(25-21(27)19-15(23)5-4-6-16(19)24)22(28)29-13-7-8-14-12(3)9-18(26)30-17(14)10-13/h4-11,20H,1-3H3,(H,25,27)/t20-/m0/s1. The molecule has 3 aromatic rings. The van der Waals surface area contributed by atoms with Gasteiger partial charge in [0, 0.05) is 17.5 Å². The summed E-state index contributed by atoms with van der Waals surface area (Å²) in [4.78, 5) is 36.6. The van der Waals surface area contributed by atoms with E-state index in [4.69, 9.17) is 9.15 Å². The van der Waals surface area contributed by atoms with Crippen molar-refractivity contribution in [1.29, 1.82) is 0 Å². The van der Waals surface area contributed by atoms with E-state index in [1.54, 1.807) is 26.8 Å². The molecular formula is C22H19F2NO5. The Bertz CT molecular complexity index is 1170. The van der Waals surface area contributed by atoms with E-state index in [1.807, 2.05) is 0 Å². The number of hydrogen-bond acceptors (Lipinski definition) is 5. The normalized spacial score (nSPS) is 12.1. The van der Waals surface area contributed by atoms with Crippen LogP contribution in [-0.4, -0.2) is 17.9 Å². The van der Waals surface area contributed by atoms with Gasteiger partial charge in [0.15, 0.2) is 0 Å². The Kier molecular flexibility index (Phi) is 5.96. The Labute approximate surface area is 170 Å². The summed E-state index contributed by atoms with van der Waals surface area (Å²) in [6, 6.07) is 7.75. The number of carbonyl (C=O) groups excluding carboxylic acids is 2. The number of nitrogens with one attached hydrogen (secondary N) is 1. The van der Waals surface area contributed by atoms with Crippen LogP contribution in [0.3, 0.4) is 0 Å². The molecule has 156 valence electrons. The first kappa shape index (κ1) is 21.2. The van der Waals surface area contributed by atoms with Gasteiger partial charge in [0.05, 0.1) is 0 Å². The lowest BCUT2D eigenvalue weighted by molar-refractivity contribution is -0.137. The van der Waals surface area contributed by atoms with Gasteiger partial charge in [-0.3, -0.25) is 4.79 Å². The van der Waals surface area contributed by atoms with Gasteiger partial charge in [-0.25, -0.2) is 18.4 Å². The largest absolute Gasteiger partial charge is 0.425 e. The number of fused-ring (bicyclic) bond motifs is 1. The summed E-state index contributed by atoms with van der Waals surface area (Å²) in [6.07, 6.45) is 0. The van der Waals surface area contributed by atoms with E-state index in [0.717, 1.165) is 18.2 Å². The van der Waals surface area contributed by atoms with Crippen LogP contribution in [0.1, 0.15) is 29.8 Å². The van der Waals surface area contributed by atoms with E-state index < -0.39 is 46.7 Å². The first-order valence-electron chi connectivity index (χ1n) is 9.18. The van der Waals surface area contributed by atoms with Crippen molar-refractivity contribution in [3.8, 4) is 5.75 Å². The smallest absolute Gasteiger partial charge is 0.336 e. The Hall–Kier alpha value is -3.55. The minimum Gasteiger partial charge on any atom is -0.425 e. The second-order valence-corrected chi connectivity index (χ2v) is 7.12. The van der Waals surface area contributed by atoms with Gasteiger partial charge in [0.1, 0.15) is 34.6 Å². The predicted molar refractivity (Wildman–Crippen MR) is 105 cm³/mol. The minimum absolute atomic E-state index is 0.0956. The number of esters is 1. The number of halogens is 2. The SMILES string of the molecule is Cc1cc(=O)oc2cc(OC(=O)[C@@H](NC(=O)c3c(F)cccc3F)C(C)C)ccc12. The van der Waals surface area contributed by atoms with Crippen LogP contribution >= 0.6 is 0 Å². The summed E-state index contributed by atoms with van der Waals surface area (Å²) in [7, 11) is 0. The summed E-state index contributed by atoms with van der Waals surface area (Å²) in [5, 5.41) is 3.00. The quantitative estimate of drug-likeness (QED) is 0.390. The molecule has 1 atom stereocenters. The first-order chi connectivity index (χ1) is 14.2. The van der Waals surface area contributed by atoms with Crippen LogP contribution in [-0.2, 0) is 4.79 Å². The molecule has 0 aliphatic heterocycles. The zero-order valence-corrected chi connectivity index (χ0v) is 16.5. The third kappa shape index (κ3) is 4.37. The Morgan fingerprint density at radius 1 is 1.07 bits per heavy atom. The van der Waals surface area contributed by atoms with Gasteiger partial charge >= 0.3 is 11.6 Å². The molecule has 1 amide bonds. The highest BCUT2D eigenvalue weighted by molar-refractivity contribution is 5.97. The highest BCUT2D eigenvalue weighted by atomic mass is 19.1. The zero-order valence-electron chi connectivity index (χ0n) is 16.5. The summed E-state index contributed by atoms with van der Waals surface area (Å²) in [5.41, 5.74) is -0.371. The van der Waals surface area contributed by atoms with Crippen molar-refractivity contribution in [2.45, 2.75) is 26.8 Å². The van der Waals surface area contributed by atoms with Crippen molar-refractivity contribution in [2.75, 3.05) is 0 Å². The van der Waals surface area contributed by atoms with E-state index in [9.17, 15) is 23.2 Å². The van der Waals surface area contributed by atoms with Gasteiger partial charge in [-0.1, -0.05) is 19.9 Å². The molecule has 0 aliphatic rings. The van der Waals surface area contributed by atoms with E-state index in [2.05, 4.69) is 5.32 Å². The van der Waals surface area contributed by atoms with Crippen molar-refractivity contribution in [2.24, 2.45) is 5.92 Å². The lowest BCUT2D eigenvalue weighted by Crippen LogP contribution is -2.46. The van der Waals surface area contributed by atoms with Crippen LogP contribution in [0.25, 0.3) is 11.0 Å². The fourth-order valence-electron chi connectivity index (χ4n) is 2.97. The van der Waals surface area contributed by atoms with Crippen molar-refractivity contribution in [3.63, 3.8) is 0 Å². The average Bonchev–Trinajstić information content (AvgIpc) is 2.65. The maximum atomic E-state index is 13.9. The molecule has 0 spiro atoms. The van der Waals surface area contributed by atoms with Gasteiger partial charge in [-0.2, -0.15) is 0 Å². The molecule has 0 bridgehead atoms. The molecule has 1 aromatic heterocycles. The van der Waals surface area contributed by atoms with E-state index in [-0.39, 0.29) is 11.3 Å². The van der Waals surface area contributed by atoms with Crippen LogP contribution in [0.4, 0.5) is 8.78 Å². The summed E-state index contributed by atoms with van der Waals surface area (Å²) < 4.78 is 38.2. The Morgan fingerprint density at radius 2 is 1.73 bits per heavy atom. The summed E-state index contributed by atoms with van der Waals surface area (Å²) in [6.45, 7) is 5.04. The van der Waals surface area contributed by atoms with Crippen molar-refractivity contribution < 1.29 is 27.5 Å².